The number of hydrogen-bond acceptors (Lipinski definition) is 7. The molecule has 3 rings (SSSR count). The van der Waals surface area contributed by atoms with Gasteiger partial charge in [-0.15, -0.1) is 0 Å². The summed E-state index contributed by atoms with van der Waals surface area (Å²) in [5.41, 5.74) is 0.209. The number of amides is 1. The first-order chi connectivity index (χ1) is 13.5. The summed E-state index contributed by atoms with van der Waals surface area (Å²) in [5.74, 6) is 0.396. The number of non-ortho nitro benzene ring substituents is 1. The Balaban J connectivity index is 1.56. The van der Waals surface area contributed by atoms with Crippen molar-refractivity contribution in [3.8, 4) is 6.07 Å². The third kappa shape index (κ3) is 4.35. The van der Waals surface area contributed by atoms with Gasteiger partial charge in [-0.1, -0.05) is 11.6 Å². The minimum Gasteiger partial charge on any atom is -0.354 e. The number of carbonyl (C=O) groups excluding carboxylic acids is 1. The van der Waals surface area contributed by atoms with E-state index >= 15 is 0 Å². The lowest BCUT2D eigenvalue weighted by atomic mass is 9.96. The third-order valence-electron chi connectivity index (χ3n) is 4.66. The molecule has 10 heteroatoms. The van der Waals surface area contributed by atoms with E-state index in [0.29, 0.717) is 31.1 Å². The highest BCUT2D eigenvalue weighted by atomic mass is 35.5. The summed E-state index contributed by atoms with van der Waals surface area (Å²) in [6.07, 6.45) is 4.67. The van der Waals surface area contributed by atoms with Crippen molar-refractivity contribution in [1.29, 1.82) is 5.26 Å². The van der Waals surface area contributed by atoms with Gasteiger partial charge >= 0.3 is 0 Å². The second-order valence-electron chi connectivity index (χ2n) is 6.40. The number of carbonyl (C=O) groups is 1. The molecule has 1 saturated heterocycles. The van der Waals surface area contributed by atoms with E-state index in [1.54, 1.807) is 6.20 Å². The average Bonchev–Trinajstić information content (AvgIpc) is 2.72. The Morgan fingerprint density at radius 1 is 1.36 bits per heavy atom. The molecule has 2 aromatic rings. The monoisotopic (exact) mass is 400 g/mol. The number of anilines is 1. The zero-order valence-corrected chi connectivity index (χ0v) is 15.6. The normalized spacial score (nSPS) is 14.4. The maximum absolute atomic E-state index is 12.4. The van der Waals surface area contributed by atoms with Gasteiger partial charge in [-0.25, -0.2) is 9.97 Å². The highest BCUT2D eigenvalue weighted by Gasteiger charge is 2.23. The fourth-order valence-corrected chi connectivity index (χ4v) is 3.33. The van der Waals surface area contributed by atoms with Crippen molar-refractivity contribution in [2.75, 3.05) is 24.5 Å². The first-order valence-corrected chi connectivity index (χ1v) is 9.05. The Kier molecular flexibility index (Phi) is 6.01. The molecule has 0 saturated carbocycles. The van der Waals surface area contributed by atoms with E-state index in [2.05, 4.69) is 15.3 Å². The van der Waals surface area contributed by atoms with Gasteiger partial charge in [0.2, 0.25) is 0 Å². The van der Waals surface area contributed by atoms with Gasteiger partial charge in [0.1, 0.15) is 6.07 Å². The number of nitrogens with one attached hydrogen (secondary N) is 1. The highest BCUT2D eigenvalue weighted by Crippen LogP contribution is 2.24. The zero-order chi connectivity index (χ0) is 20.1. The predicted octanol–water partition coefficient (Wildman–Crippen LogP) is 2.56. The van der Waals surface area contributed by atoms with Gasteiger partial charge in [0.05, 0.1) is 15.5 Å². The molecule has 0 aliphatic carbocycles. The van der Waals surface area contributed by atoms with E-state index in [4.69, 9.17) is 16.9 Å². The summed E-state index contributed by atoms with van der Waals surface area (Å²) >= 11 is 6.00. The van der Waals surface area contributed by atoms with Crippen LogP contribution in [0.5, 0.6) is 0 Å². The first kappa shape index (κ1) is 19.5. The molecule has 144 valence electrons. The van der Waals surface area contributed by atoms with Gasteiger partial charge in [-0.05, 0) is 24.8 Å². The minimum atomic E-state index is -0.565. The average molecular weight is 401 g/mol. The van der Waals surface area contributed by atoms with Crippen molar-refractivity contribution in [2.24, 2.45) is 5.92 Å². The van der Waals surface area contributed by atoms with Crippen LogP contribution in [-0.2, 0) is 0 Å². The van der Waals surface area contributed by atoms with Crippen LogP contribution in [0.2, 0.25) is 5.02 Å². The van der Waals surface area contributed by atoms with Crippen molar-refractivity contribution < 1.29 is 9.72 Å². The van der Waals surface area contributed by atoms with Gasteiger partial charge in [-0.3, -0.25) is 14.9 Å². The molecule has 0 atom stereocenters. The first-order valence-electron chi connectivity index (χ1n) is 8.67. The number of aromatic nitrogens is 2. The molecule has 0 bridgehead atoms. The number of piperidine rings is 1. The second-order valence-corrected chi connectivity index (χ2v) is 6.81. The maximum Gasteiger partial charge on any atom is 0.270 e. The molecule has 1 aliphatic heterocycles. The van der Waals surface area contributed by atoms with Gasteiger partial charge in [0, 0.05) is 44.2 Å². The molecule has 1 N–H and O–H groups in total. The summed E-state index contributed by atoms with van der Waals surface area (Å²) < 4.78 is 0. The molecule has 1 fully saturated rings. The van der Waals surface area contributed by atoms with E-state index < -0.39 is 10.8 Å². The fourth-order valence-electron chi connectivity index (χ4n) is 3.12. The van der Waals surface area contributed by atoms with Crippen LogP contribution in [-0.4, -0.2) is 40.4 Å². The number of rotatable bonds is 5. The van der Waals surface area contributed by atoms with Crippen LogP contribution >= 0.6 is 11.6 Å². The fraction of sp³-hybridized carbons (Fsp3) is 0.333. The SMILES string of the molecule is N#Cc1nccnc1N1CCC(CNC(=O)c2cc([N+](=O)[O-])ccc2Cl)CC1. The Morgan fingerprint density at radius 2 is 2.07 bits per heavy atom. The van der Waals surface area contributed by atoms with Crippen molar-refractivity contribution in [2.45, 2.75) is 12.8 Å². The minimum absolute atomic E-state index is 0.0894. The molecule has 1 aromatic carbocycles. The van der Waals surface area contributed by atoms with Crippen LogP contribution in [0, 0.1) is 27.4 Å². The van der Waals surface area contributed by atoms with Crippen LogP contribution in [0.3, 0.4) is 0 Å². The van der Waals surface area contributed by atoms with E-state index in [1.807, 2.05) is 11.0 Å². The third-order valence-corrected chi connectivity index (χ3v) is 4.99. The number of nitriles is 1. The lowest BCUT2D eigenvalue weighted by Crippen LogP contribution is -2.39. The predicted molar refractivity (Wildman–Crippen MR) is 102 cm³/mol. The van der Waals surface area contributed by atoms with Gasteiger partial charge in [0.15, 0.2) is 11.5 Å². The molecule has 9 nitrogen and oxygen atoms in total. The number of halogens is 1. The number of nitro benzene ring substituents is 1. The standard InChI is InChI=1S/C18H17ClN6O3/c19-15-2-1-13(25(27)28)9-14(15)18(26)23-11-12-3-7-24(8-4-12)17-16(10-20)21-5-6-22-17/h1-2,5-6,9,12H,3-4,7-8,11H2,(H,23,26). The van der Waals surface area contributed by atoms with Gasteiger partial charge < -0.3 is 10.2 Å². The maximum atomic E-state index is 12.4. The molecule has 2 heterocycles. The smallest absolute Gasteiger partial charge is 0.270 e. The van der Waals surface area contributed by atoms with Crippen molar-refractivity contribution in [3.05, 3.63) is 57.0 Å². The Hall–Kier alpha value is -3.25. The molecular weight excluding hydrogens is 384 g/mol. The molecular formula is C18H17ClN6O3. The molecule has 0 unspecified atom stereocenters. The second kappa shape index (κ2) is 8.63. The van der Waals surface area contributed by atoms with Crippen LogP contribution in [0.15, 0.2) is 30.6 Å². The van der Waals surface area contributed by atoms with E-state index in [0.717, 1.165) is 12.8 Å². The summed E-state index contributed by atoms with van der Waals surface area (Å²) in [4.78, 5) is 33.0. The topological polar surface area (TPSA) is 125 Å². The van der Waals surface area contributed by atoms with Crippen molar-refractivity contribution in [1.82, 2.24) is 15.3 Å². The molecule has 1 amide bonds. The Morgan fingerprint density at radius 3 is 2.75 bits per heavy atom. The Bertz CT molecular complexity index is 937. The van der Waals surface area contributed by atoms with Gasteiger partial charge in [0.25, 0.3) is 11.6 Å². The number of nitrogens with zero attached hydrogens (tertiary/aromatic N) is 5. The van der Waals surface area contributed by atoms with E-state index in [1.165, 1.54) is 24.4 Å². The molecule has 0 radical (unpaired) electrons. The largest absolute Gasteiger partial charge is 0.354 e. The lowest BCUT2D eigenvalue weighted by molar-refractivity contribution is -0.384. The molecule has 0 spiro atoms. The van der Waals surface area contributed by atoms with Crippen molar-refractivity contribution in [3.63, 3.8) is 0 Å². The quantitative estimate of drug-likeness (QED) is 0.603. The molecule has 28 heavy (non-hydrogen) atoms. The lowest BCUT2D eigenvalue weighted by Gasteiger charge is -2.32. The summed E-state index contributed by atoms with van der Waals surface area (Å²) in [5, 5.41) is 23.0. The number of hydrogen-bond donors (Lipinski definition) is 1. The molecule has 1 aromatic heterocycles. The van der Waals surface area contributed by atoms with Crippen LogP contribution < -0.4 is 10.2 Å². The van der Waals surface area contributed by atoms with Crippen LogP contribution in [0.1, 0.15) is 28.9 Å². The Labute approximate surface area is 166 Å². The van der Waals surface area contributed by atoms with Crippen LogP contribution in [0.25, 0.3) is 0 Å². The number of nitro groups is 1. The highest BCUT2D eigenvalue weighted by molar-refractivity contribution is 6.33. The summed E-state index contributed by atoms with van der Waals surface area (Å²) in [6.45, 7) is 1.84. The van der Waals surface area contributed by atoms with E-state index in [9.17, 15) is 14.9 Å². The van der Waals surface area contributed by atoms with Gasteiger partial charge in [-0.2, -0.15) is 5.26 Å². The summed E-state index contributed by atoms with van der Waals surface area (Å²) in [6, 6.07) is 5.83. The van der Waals surface area contributed by atoms with E-state index in [-0.39, 0.29) is 22.2 Å². The molecule has 1 aliphatic rings. The summed E-state index contributed by atoms with van der Waals surface area (Å²) in [7, 11) is 0. The van der Waals surface area contributed by atoms with Crippen LogP contribution in [0.4, 0.5) is 11.5 Å². The zero-order valence-electron chi connectivity index (χ0n) is 14.8. The number of benzene rings is 1. The van der Waals surface area contributed by atoms with Crippen molar-refractivity contribution >= 4 is 29.0 Å².